The average Bonchev–Trinajstić information content (AvgIpc) is 3.34. The Kier molecular flexibility index (Phi) is 5.21. The van der Waals surface area contributed by atoms with Gasteiger partial charge in [0.1, 0.15) is 11.6 Å². The molecule has 1 aliphatic rings. The van der Waals surface area contributed by atoms with Gasteiger partial charge < -0.3 is 9.64 Å². The van der Waals surface area contributed by atoms with Crippen molar-refractivity contribution in [2.45, 2.75) is 32.0 Å². The molecule has 0 N–H and O–H groups in total. The number of anilines is 1. The van der Waals surface area contributed by atoms with Gasteiger partial charge in [-0.3, -0.25) is 9.78 Å². The second-order valence-electron chi connectivity index (χ2n) is 6.38. The van der Waals surface area contributed by atoms with Gasteiger partial charge in [0, 0.05) is 37.7 Å². The van der Waals surface area contributed by atoms with E-state index in [1.54, 1.807) is 36.3 Å². The van der Waals surface area contributed by atoms with E-state index in [4.69, 9.17) is 4.74 Å². The molecule has 0 spiro atoms. The molecular weight excluding hydrogens is 364 g/mol. The summed E-state index contributed by atoms with van der Waals surface area (Å²) in [6.07, 6.45) is 5.49. The number of rotatable bonds is 6. The number of ether oxygens (including phenoxy) is 1. The van der Waals surface area contributed by atoms with Crippen LogP contribution in [0.2, 0.25) is 0 Å². The highest BCUT2D eigenvalue weighted by Crippen LogP contribution is 2.29. The van der Waals surface area contributed by atoms with Crippen LogP contribution in [0.5, 0.6) is 0 Å². The molecule has 4 heterocycles. The van der Waals surface area contributed by atoms with E-state index in [0.717, 1.165) is 40.8 Å². The van der Waals surface area contributed by atoms with E-state index in [9.17, 15) is 4.79 Å². The van der Waals surface area contributed by atoms with Gasteiger partial charge in [0.2, 0.25) is 5.13 Å². The fourth-order valence-corrected chi connectivity index (χ4v) is 4.18. The van der Waals surface area contributed by atoms with Crippen LogP contribution in [0.4, 0.5) is 5.13 Å². The van der Waals surface area contributed by atoms with Gasteiger partial charge >= 0.3 is 0 Å². The first-order valence-corrected chi connectivity index (χ1v) is 9.63. The highest BCUT2D eigenvalue weighted by atomic mass is 32.1. The van der Waals surface area contributed by atoms with Crippen molar-refractivity contribution in [3.8, 4) is 11.3 Å². The van der Waals surface area contributed by atoms with Crippen molar-refractivity contribution >= 4 is 16.5 Å². The minimum Gasteiger partial charge on any atom is -0.377 e. The number of methoxy groups -OCH3 is 1. The molecule has 9 heteroatoms. The molecule has 4 rings (SSSR count). The lowest BCUT2D eigenvalue weighted by Gasteiger charge is -2.23. The maximum atomic E-state index is 12.4. The number of aromatic nitrogens is 5. The fraction of sp³-hybridized carbons (Fsp3) is 0.389. The summed E-state index contributed by atoms with van der Waals surface area (Å²) >= 11 is 1.54. The normalized spacial score (nSPS) is 16.8. The Hall–Kier alpha value is -2.65. The molecule has 3 aromatic rings. The van der Waals surface area contributed by atoms with Gasteiger partial charge in [0.05, 0.1) is 18.3 Å². The van der Waals surface area contributed by atoms with E-state index in [-0.39, 0.29) is 11.6 Å². The lowest BCUT2D eigenvalue weighted by Crippen LogP contribution is -2.37. The standard InChI is InChI=1S/C18H20N6O2S/c1-26-12-16-20-21-18(27-16)23-10-2-3-14(23)11-24-17(25)5-4-15(22-24)13-6-8-19-9-7-13/h4-9,14H,2-3,10-12H2,1H3. The van der Waals surface area contributed by atoms with Gasteiger partial charge in [-0.05, 0) is 31.0 Å². The molecule has 1 atom stereocenters. The Morgan fingerprint density at radius 2 is 2.07 bits per heavy atom. The number of hydrogen-bond donors (Lipinski definition) is 0. The van der Waals surface area contributed by atoms with Crippen LogP contribution in [0.15, 0.2) is 41.5 Å². The molecule has 0 bridgehead atoms. The maximum Gasteiger partial charge on any atom is 0.266 e. The molecule has 8 nitrogen and oxygen atoms in total. The van der Waals surface area contributed by atoms with Gasteiger partial charge in [-0.25, -0.2) is 4.68 Å². The molecule has 3 aromatic heterocycles. The van der Waals surface area contributed by atoms with E-state index in [0.29, 0.717) is 13.2 Å². The molecule has 1 unspecified atom stereocenters. The van der Waals surface area contributed by atoms with Gasteiger partial charge in [-0.15, -0.1) is 10.2 Å². The molecule has 0 amide bonds. The van der Waals surface area contributed by atoms with E-state index >= 15 is 0 Å². The first-order chi connectivity index (χ1) is 13.2. The van der Waals surface area contributed by atoms with Crippen molar-refractivity contribution in [1.29, 1.82) is 0 Å². The van der Waals surface area contributed by atoms with E-state index in [2.05, 4.69) is 25.2 Å². The summed E-state index contributed by atoms with van der Waals surface area (Å²) in [7, 11) is 1.65. The predicted molar refractivity (Wildman–Crippen MR) is 103 cm³/mol. The number of hydrogen-bond acceptors (Lipinski definition) is 8. The smallest absolute Gasteiger partial charge is 0.266 e. The van der Waals surface area contributed by atoms with E-state index in [1.165, 1.54) is 11.3 Å². The summed E-state index contributed by atoms with van der Waals surface area (Å²) in [5, 5.41) is 14.8. The molecule has 0 saturated carbocycles. The van der Waals surface area contributed by atoms with Crippen LogP contribution in [0, 0.1) is 0 Å². The van der Waals surface area contributed by atoms with Gasteiger partial charge in [0.15, 0.2) is 0 Å². The summed E-state index contributed by atoms with van der Waals surface area (Å²) in [6, 6.07) is 7.27. The van der Waals surface area contributed by atoms with E-state index in [1.807, 2.05) is 12.1 Å². The van der Waals surface area contributed by atoms with Gasteiger partial charge in [0.25, 0.3) is 5.56 Å². The van der Waals surface area contributed by atoms with Gasteiger partial charge in [-0.2, -0.15) is 5.10 Å². The topological polar surface area (TPSA) is 86.0 Å². The monoisotopic (exact) mass is 384 g/mol. The number of pyridine rings is 1. The van der Waals surface area contributed by atoms with E-state index < -0.39 is 0 Å². The minimum absolute atomic E-state index is 0.100. The molecule has 1 saturated heterocycles. The lowest BCUT2D eigenvalue weighted by atomic mass is 10.2. The van der Waals surface area contributed by atoms with Crippen LogP contribution in [-0.2, 0) is 17.9 Å². The summed E-state index contributed by atoms with van der Waals surface area (Å²) in [4.78, 5) is 18.6. The summed E-state index contributed by atoms with van der Waals surface area (Å²) in [6.45, 7) is 1.90. The van der Waals surface area contributed by atoms with Crippen LogP contribution in [0.1, 0.15) is 17.8 Å². The zero-order valence-electron chi connectivity index (χ0n) is 15.0. The maximum absolute atomic E-state index is 12.4. The Labute approximate surface area is 160 Å². The third kappa shape index (κ3) is 3.88. The quantitative estimate of drug-likeness (QED) is 0.642. The van der Waals surface area contributed by atoms with Crippen LogP contribution >= 0.6 is 11.3 Å². The van der Waals surface area contributed by atoms with Crippen LogP contribution < -0.4 is 10.5 Å². The molecule has 27 heavy (non-hydrogen) atoms. The molecule has 140 valence electrons. The Balaban J connectivity index is 1.56. The molecule has 1 aliphatic heterocycles. The molecule has 0 aromatic carbocycles. The van der Waals surface area contributed by atoms with Crippen molar-refractivity contribution in [2.24, 2.45) is 0 Å². The summed E-state index contributed by atoms with van der Waals surface area (Å²) in [5.74, 6) is 0. The zero-order valence-corrected chi connectivity index (χ0v) is 15.8. The van der Waals surface area contributed by atoms with Crippen molar-refractivity contribution < 1.29 is 4.74 Å². The SMILES string of the molecule is COCc1nnc(N2CCCC2Cn2nc(-c3ccncc3)ccc2=O)s1. The number of nitrogens with zero attached hydrogens (tertiary/aromatic N) is 6. The van der Waals surface area contributed by atoms with Crippen LogP contribution in [0.25, 0.3) is 11.3 Å². The first-order valence-electron chi connectivity index (χ1n) is 8.81. The fourth-order valence-electron chi connectivity index (χ4n) is 3.28. The summed E-state index contributed by atoms with van der Waals surface area (Å²) in [5.41, 5.74) is 1.60. The molecule has 1 fully saturated rings. The first kappa shape index (κ1) is 17.7. The Bertz CT molecular complexity index is 958. The Morgan fingerprint density at radius 1 is 1.22 bits per heavy atom. The van der Waals surface area contributed by atoms with Crippen LogP contribution in [0.3, 0.4) is 0 Å². The third-order valence-electron chi connectivity index (χ3n) is 4.57. The van der Waals surface area contributed by atoms with Crippen molar-refractivity contribution in [3.63, 3.8) is 0 Å². The average molecular weight is 384 g/mol. The summed E-state index contributed by atoms with van der Waals surface area (Å²) < 4.78 is 6.68. The van der Waals surface area contributed by atoms with Gasteiger partial charge in [-0.1, -0.05) is 11.3 Å². The van der Waals surface area contributed by atoms with Crippen molar-refractivity contribution in [3.05, 3.63) is 52.0 Å². The second kappa shape index (κ2) is 7.93. The highest BCUT2D eigenvalue weighted by molar-refractivity contribution is 7.15. The Morgan fingerprint density at radius 3 is 2.89 bits per heavy atom. The minimum atomic E-state index is -0.100. The molecule has 0 aliphatic carbocycles. The zero-order chi connectivity index (χ0) is 18.6. The van der Waals surface area contributed by atoms with Crippen molar-refractivity contribution in [1.82, 2.24) is 25.0 Å². The van der Waals surface area contributed by atoms with Crippen molar-refractivity contribution in [2.75, 3.05) is 18.6 Å². The third-order valence-corrected chi connectivity index (χ3v) is 5.51. The van der Waals surface area contributed by atoms with Crippen LogP contribution in [-0.4, -0.2) is 44.7 Å². The molecule has 0 radical (unpaired) electrons. The highest BCUT2D eigenvalue weighted by Gasteiger charge is 2.28. The predicted octanol–water partition coefficient (Wildman–Crippen LogP) is 1.97. The largest absolute Gasteiger partial charge is 0.377 e. The second-order valence-corrected chi connectivity index (χ2v) is 7.42. The molecular formula is C18H20N6O2S. The lowest BCUT2D eigenvalue weighted by molar-refractivity contribution is 0.184.